The van der Waals surface area contributed by atoms with E-state index in [1.807, 2.05) is 6.08 Å². The average Bonchev–Trinajstić information content (AvgIpc) is 0.790. The summed E-state index contributed by atoms with van der Waals surface area (Å²) in [7, 11) is 0. The predicted molar refractivity (Wildman–Crippen MR) is 415 cm³/mol. The molecule has 2 aliphatic rings. The van der Waals surface area contributed by atoms with Crippen molar-refractivity contribution < 1.29 is 64.6 Å². The van der Waals surface area contributed by atoms with Crippen LogP contribution in [-0.4, -0.2) is 140 Å². The second kappa shape index (κ2) is 69.7. The predicted octanol–water partition coefficient (Wildman–Crippen LogP) is 19.9. The van der Waals surface area contributed by atoms with Gasteiger partial charge in [0.15, 0.2) is 12.6 Å². The molecule has 2 rings (SSSR count). The van der Waals surface area contributed by atoms with Gasteiger partial charge in [0.1, 0.15) is 48.8 Å². The molecule has 0 saturated carbocycles. The zero-order chi connectivity index (χ0) is 72.2. The van der Waals surface area contributed by atoms with E-state index in [0.717, 1.165) is 44.9 Å². The quantitative estimate of drug-likeness (QED) is 0.0204. The SMILES string of the molecule is CCCCCCC/C=C\C/C=C\C/C=C\CCCCCCCCCCCCCCCCCCCCCCC(=O)NC(COC1OC(CO)C(OC2OC(CO)C(O)C(O)C2O)C(O)C1O)C(O)/C=C/CC/C=C/CCCCCCCCCCCCCCCCCCCCCCCCCCC. The maximum atomic E-state index is 13.4. The summed E-state index contributed by atoms with van der Waals surface area (Å²) in [5, 5.41) is 87.7. The van der Waals surface area contributed by atoms with Crippen LogP contribution >= 0.6 is 0 Å². The van der Waals surface area contributed by atoms with Gasteiger partial charge in [0.25, 0.3) is 0 Å². The summed E-state index contributed by atoms with van der Waals surface area (Å²) in [4.78, 5) is 13.4. The number of aliphatic hydroxyl groups excluding tert-OH is 8. The maximum Gasteiger partial charge on any atom is 0.220 e. The second-order valence-corrected chi connectivity index (χ2v) is 30.0. The van der Waals surface area contributed by atoms with Gasteiger partial charge in [-0.1, -0.05) is 370 Å². The van der Waals surface area contributed by atoms with Crippen LogP contribution in [0.1, 0.15) is 386 Å². The molecule has 0 aromatic heterocycles. The van der Waals surface area contributed by atoms with Gasteiger partial charge in [-0.05, 0) is 70.6 Å². The van der Waals surface area contributed by atoms with E-state index in [4.69, 9.17) is 18.9 Å². The molecule has 14 nitrogen and oxygen atoms in total. The molecule has 0 aromatic rings. The summed E-state index contributed by atoms with van der Waals surface area (Å²) in [5.74, 6) is -0.243. The number of hydrogen-bond acceptors (Lipinski definition) is 13. The van der Waals surface area contributed by atoms with E-state index >= 15 is 0 Å². The van der Waals surface area contributed by atoms with Crippen molar-refractivity contribution in [3.05, 3.63) is 60.8 Å². The summed E-state index contributed by atoms with van der Waals surface area (Å²) in [6.45, 7) is 2.83. The van der Waals surface area contributed by atoms with Crippen LogP contribution in [0.4, 0.5) is 0 Å². The normalized spacial score (nSPS) is 22.1. The highest BCUT2D eigenvalue weighted by atomic mass is 16.7. The van der Waals surface area contributed by atoms with Gasteiger partial charge in [-0.15, -0.1) is 0 Å². The average molecular weight is 1420 g/mol. The molecule has 0 radical (unpaired) electrons. The minimum Gasteiger partial charge on any atom is -0.394 e. The fraction of sp³-hybridized carbons (Fsp3) is 0.872. The Hall–Kier alpha value is -2.31. The van der Waals surface area contributed by atoms with Gasteiger partial charge in [-0.2, -0.15) is 0 Å². The van der Waals surface area contributed by atoms with Crippen molar-refractivity contribution in [2.24, 2.45) is 0 Å². The van der Waals surface area contributed by atoms with Crippen molar-refractivity contribution in [1.82, 2.24) is 5.32 Å². The number of allylic oxidation sites excluding steroid dienone is 9. The first kappa shape index (κ1) is 93.8. The number of carbonyl (C=O) groups is 1. The Bertz CT molecular complexity index is 1910. The van der Waals surface area contributed by atoms with Crippen molar-refractivity contribution in [2.75, 3.05) is 19.8 Å². The fourth-order valence-electron chi connectivity index (χ4n) is 14.0. The Labute approximate surface area is 613 Å². The molecular formula is C86H159NO13. The molecule has 2 saturated heterocycles. The lowest BCUT2D eigenvalue weighted by Crippen LogP contribution is -2.65. The van der Waals surface area contributed by atoms with Gasteiger partial charge < -0.3 is 65.1 Å². The third-order valence-corrected chi connectivity index (χ3v) is 20.7. The second-order valence-electron chi connectivity index (χ2n) is 30.0. The molecule has 0 spiro atoms. The Morgan fingerprint density at radius 1 is 0.360 bits per heavy atom. The maximum absolute atomic E-state index is 13.4. The van der Waals surface area contributed by atoms with Crippen LogP contribution in [0, 0.1) is 0 Å². The highest BCUT2D eigenvalue weighted by Gasteiger charge is 2.51. The van der Waals surface area contributed by atoms with E-state index in [0.29, 0.717) is 12.8 Å². The Morgan fingerprint density at radius 2 is 0.670 bits per heavy atom. The number of aliphatic hydroxyl groups is 8. The van der Waals surface area contributed by atoms with E-state index < -0.39 is 86.8 Å². The lowest BCUT2D eigenvalue weighted by molar-refractivity contribution is -0.359. The summed E-state index contributed by atoms with van der Waals surface area (Å²) >= 11 is 0. The van der Waals surface area contributed by atoms with Crippen molar-refractivity contribution >= 4 is 5.91 Å². The molecule has 0 bridgehead atoms. The van der Waals surface area contributed by atoms with Gasteiger partial charge in [-0.3, -0.25) is 4.79 Å². The number of amides is 1. The van der Waals surface area contributed by atoms with Crippen molar-refractivity contribution in [3.63, 3.8) is 0 Å². The van der Waals surface area contributed by atoms with Crippen LogP contribution in [0.25, 0.3) is 0 Å². The van der Waals surface area contributed by atoms with Crippen molar-refractivity contribution in [2.45, 2.75) is 460 Å². The first-order valence-electron chi connectivity index (χ1n) is 42.5. The zero-order valence-electron chi connectivity index (χ0n) is 64.5. The van der Waals surface area contributed by atoms with Crippen LogP contribution in [0.3, 0.4) is 0 Å². The molecule has 14 heteroatoms. The lowest BCUT2D eigenvalue weighted by Gasteiger charge is -2.46. The third-order valence-electron chi connectivity index (χ3n) is 20.7. The lowest BCUT2D eigenvalue weighted by atomic mass is 9.97. The molecule has 0 aliphatic carbocycles. The van der Waals surface area contributed by atoms with Gasteiger partial charge >= 0.3 is 0 Å². The Balaban J connectivity index is 1.60. The summed E-state index contributed by atoms with van der Waals surface area (Å²) in [6, 6.07) is -0.935. The standard InChI is InChI=1S/C86H159NO13/c1-3-5-7-9-11-13-15-17-19-21-23-25-27-29-31-33-35-36-37-38-40-42-44-46-48-50-52-54-56-58-60-62-64-66-68-70-78(91)87-74(73-97-85-83(96)81(94)84(77(72-89)99-85)100-86-82(95)80(93)79(92)76(71-88)98-86)75(90)69-67-65-63-61-59-57-55-53-51-49-47-45-43-41-39-34-32-30-28-26-24-22-20-18-16-14-12-10-8-6-4-2/h15,17,21,23,27,29,59,61,67,69,74-77,79-86,88-90,92-96H,3-14,16,18-20,22,24-26,28,30-58,60,62-66,68,70-73H2,1-2H3,(H,87,91)/b17-15-,23-21-,29-27-,61-59+,69-67+. The summed E-state index contributed by atoms with van der Waals surface area (Å²) in [5.41, 5.74) is 0. The number of hydrogen-bond donors (Lipinski definition) is 9. The van der Waals surface area contributed by atoms with Gasteiger partial charge in [0.05, 0.1) is 32.0 Å². The number of unbranched alkanes of at least 4 members (excludes halogenated alkanes) is 51. The number of carbonyl (C=O) groups excluding carboxylic acids is 1. The van der Waals surface area contributed by atoms with Gasteiger partial charge in [-0.25, -0.2) is 0 Å². The number of rotatable bonds is 72. The molecule has 100 heavy (non-hydrogen) atoms. The minimum atomic E-state index is -1.79. The number of ether oxygens (including phenoxy) is 4. The van der Waals surface area contributed by atoms with E-state index in [1.165, 1.54) is 308 Å². The van der Waals surface area contributed by atoms with E-state index in [1.54, 1.807) is 6.08 Å². The Morgan fingerprint density at radius 3 is 1.05 bits per heavy atom. The van der Waals surface area contributed by atoms with Gasteiger partial charge in [0, 0.05) is 6.42 Å². The van der Waals surface area contributed by atoms with Crippen molar-refractivity contribution in [1.29, 1.82) is 0 Å². The van der Waals surface area contributed by atoms with Crippen LogP contribution in [0.2, 0.25) is 0 Å². The molecule has 9 N–H and O–H groups in total. The minimum absolute atomic E-state index is 0.243. The van der Waals surface area contributed by atoms with Crippen molar-refractivity contribution in [3.8, 4) is 0 Å². The van der Waals surface area contributed by atoms with Crippen LogP contribution in [-0.2, 0) is 23.7 Å². The molecule has 1 amide bonds. The zero-order valence-corrected chi connectivity index (χ0v) is 64.5. The van der Waals surface area contributed by atoms with Crippen LogP contribution in [0.15, 0.2) is 60.8 Å². The Kier molecular flexibility index (Phi) is 65.4. The molecular weight excluding hydrogens is 1250 g/mol. The van der Waals surface area contributed by atoms with E-state index in [9.17, 15) is 45.6 Å². The van der Waals surface area contributed by atoms with E-state index in [-0.39, 0.29) is 18.9 Å². The largest absolute Gasteiger partial charge is 0.394 e. The molecule has 2 fully saturated rings. The highest BCUT2D eigenvalue weighted by Crippen LogP contribution is 2.30. The van der Waals surface area contributed by atoms with Crippen LogP contribution in [0.5, 0.6) is 0 Å². The monoisotopic (exact) mass is 1410 g/mol. The van der Waals surface area contributed by atoms with Gasteiger partial charge in [0.2, 0.25) is 5.91 Å². The first-order chi connectivity index (χ1) is 49.1. The summed E-state index contributed by atoms with van der Waals surface area (Å²) < 4.78 is 22.9. The number of nitrogens with one attached hydrogen (secondary N) is 1. The van der Waals surface area contributed by atoms with Crippen LogP contribution < -0.4 is 5.32 Å². The smallest absolute Gasteiger partial charge is 0.220 e. The molecule has 2 aliphatic heterocycles. The van der Waals surface area contributed by atoms with E-state index in [2.05, 4.69) is 67.8 Å². The topological polar surface area (TPSA) is 228 Å². The molecule has 586 valence electrons. The molecule has 0 aromatic carbocycles. The molecule has 2 heterocycles. The third kappa shape index (κ3) is 51.8. The highest BCUT2D eigenvalue weighted by molar-refractivity contribution is 5.76. The summed E-state index contributed by atoms with van der Waals surface area (Å²) in [6.07, 6.45) is 78.9. The molecule has 12 unspecified atom stereocenters. The first-order valence-corrected chi connectivity index (χ1v) is 42.5. The molecule has 12 atom stereocenters. The fourth-order valence-corrected chi connectivity index (χ4v) is 14.0.